The lowest BCUT2D eigenvalue weighted by atomic mass is 10.1. The molecule has 1 saturated heterocycles. The number of hydrogen-bond donors (Lipinski definition) is 1. The van der Waals surface area contributed by atoms with E-state index in [1.807, 2.05) is 81.2 Å². The number of benzene rings is 2. The number of pyridine rings is 1. The van der Waals surface area contributed by atoms with Crippen LogP contribution in [0.1, 0.15) is 18.9 Å². The van der Waals surface area contributed by atoms with E-state index < -0.39 is 0 Å². The Labute approximate surface area is 238 Å². The van der Waals surface area contributed by atoms with E-state index in [1.54, 1.807) is 17.4 Å². The first-order valence-electron chi connectivity index (χ1n) is 13.5. The van der Waals surface area contributed by atoms with Crippen molar-refractivity contribution in [3.05, 3.63) is 78.5 Å². The van der Waals surface area contributed by atoms with Gasteiger partial charge in [-0.1, -0.05) is 6.08 Å². The van der Waals surface area contributed by atoms with Gasteiger partial charge < -0.3 is 19.5 Å². The van der Waals surface area contributed by atoms with E-state index in [1.165, 1.54) is 6.33 Å². The Hall–Kier alpha value is -4.83. The molecular formula is C31H32N8O2. The van der Waals surface area contributed by atoms with Crippen LogP contribution < -0.4 is 15.0 Å². The molecule has 0 radical (unpaired) electrons. The smallest absolute Gasteiger partial charge is 0.255 e. The molecule has 41 heavy (non-hydrogen) atoms. The van der Waals surface area contributed by atoms with Gasteiger partial charge in [-0.05, 0) is 76.3 Å². The van der Waals surface area contributed by atoms with Crippen LogP contribution in [0.2, 0.25) is 0 Å². The maximum absolute atomic E-state index is 13.2. The van der Waals surface area contributed by atoms with Gasteiger partial charge in [0.25, 0.3) is 5.91 Å². The Morgan fingerprint density at radius 2 is 1.90 bits per heavy atom. The van der Waals surface area contributed by atoms with E-state index >= 15 is 0 Å². The fourth-order valence-corrected chi connectivity index (χ4v) is 4.91. The summed E-state index contributed by atoms with van der Waals surface area (Å²) in [7, 11) is 5.98. The van der Waals surface area contributed by atoms with Gasteiger partial charge in [0.1, 0.15) is 29.5 Å². The number of carbonyl (C=O) groups excluding carboxylic acids is 1. The number of nitrogens with zero attached hydrogens (tertiary/aromatic N) is 7. The van der Waals surface area contributed by atoms with E-state index in [9.17, 15) is 4.79 Å². The molecule has 0 bridgehead atoms. The normalized spacial score (nSPS) is 15.4. The number of ether oxygens (including phenoxy) is 1. The van der Waals surface area contributed by atoms with Crippen LogP contribution in [0.25, 0.3) is 21.9 Å². The Morgan fingerprint density at radius 3 is 2.71 bits per heavy atom. The van der Waals surface area contributed by atoms with E-state index in [2.05, 4.69) is 37.1 Å². The minimum atomic E-state index is -0.00897. The lowest BCUT2D eigenvalue weighted by Gasteiger charge is -2.17. The number of rotatable bonds is 7. The maximum Gasteiger partial charge on any atom is 0.255 e. The highest BCUT2D eigenvalue weighted by molar-refractivity contribution is 6.08. The Kier molecular flexibility index (Phi) is 6.84. The van der Waals surface area contributed by atoms with Crippen molar-refractivity contribution < 1.29 is 9.53 Å². The van der Waals surface area contributed by atoms with Crippen LogP contribution in [-0.2, 0) is 11.8 Å². The molecule has 208 valence electrons. The zero-order chi connectivity index (χ0) is 28.7. The summed E-state index contributed by atoms with van der Waals surface area (Å²) in [5.41, 5.74) is 5.26. The molecule has 0 aliphatic carbocycles. The highest BCUT2D eigenvalue weighted by atomic mass is 16.5. The fraction of sp³-hybridized carbons (Fsp3) is 0.258. The predicted molar refractivity (Wildman–Crippen MR) is 161 cm³/mol. The summed E-state index contributed by atoms with van der Waals surface area (Å²) in [6.07, 6.45) is 7.72. The molecule has 10 nitrogen and oxygen atoms in total. The summed E-state index contributed by atoms with van der Waals surface area (Å²) in [5.74, 6) is 2.70. The van der Waals surface area contributed by atoms with Crippen molar-refractivity contribution in [1.29, 1.82) is 0 Å². The number of aromatic nitrogens is 5. The largest absolute Gasteiger partial charge is 0.457 e. The molecule has 0 unspecified atom stereocenters. The van der Waals surface area contributed by atoms with Crippen molar-refractivity contribution in [1.82, 2.24) is 29.4 Å². The zero-order valence-electron chi connectivity index (χ0n) is 23.8. The molecule has 1 N–H and O–H groups in total. The summed E-state index contributed by atoms with van der Waals surface area (Å²) < 4.78 is 8.15. The van der Waals surface area contributed by atoms with Gasteiger partial charge in [0.05, 0.1) is 29.1 Å². The first kappa shape index (κ1) is 26.4. The Bertz CT molecular complexity index is 1810. The number of fused-ring (bicyclic) bond motifs is 2. The van der Waals surface area contributed by atoms with Crippen LogP contribution in [0.5, 0.6) is 11.5 Å². The van der Waals surface area contributed by atoms with Crippen LogP contribution in [-0.4, -0.2) is 62.0 Å². The number of imidazole rings is 1. The monoisotopic (exact) mass is 548 g/mol. The van der Waals surface area contributed by atoms with E-state index in [-0.39, 0.29) is 11.9 Å². The molecule has 1 aliphatic rings. The van der Waals surface area contributed by atoms with Gasteiger partial charge in [-0.15, -0.1) is 0 Å². The molecule has 6 rings (SSSR count). The first-order chi connectivity index (χ1) is 19.8. The lowest BCUT2D eigenvalue weighted by molar-refractivity contribution is -0.114. The molecule has 1 aliphatic heterocycles. The average Bonchev–Trinajstić information content (AvgIpc) is 3.51. The van der Waals surface area contributed by atoms with E-state index in [4.69, 9.17) is 4.74 Å². The van der Waals surface area contributed by atoms with Crippen molar-refractivity contribution in [3.8, 4) is 11.5 Å². The molecule has 4 heterocycles. The highest BCUT2D eigenvalue weighted by Gasteiger charge is 2.29. The highest BCUT2D eigenvalue weighted by Crippen LogP contribution is 2.32. The van der Waals surface area contributed by atoms with Gasteiger partial charge in [0.15, 0.2) is 0 Å². The van der Waals surface area contributed by atoms with Gasteiger partial charge >= 0.3 is 0 Å². The Morgan fingerprint density at radius 1 is 1.05 bits per heavy atom. The zero-order valence-corrected chi connectivity index (χ0v) is 23.8. The number of carbonyl (C=O) groups is 1. The van der Waals surface area contributed by atoms with Gasteiger partial charge in [0, 0.05) is 42.3 Å². The summed E-state index contributed by atoms with van der Waals surface area (Å²) in [5, 5.41) is 4.20. The van der Waals surface area contributed by atoms with Crippen LogP contribution in [0, 0.1) is 6.92 Å². The number of aryl methyl sites for hydroxylation is 2. The fourth-order valence-electron chi connectivity index (χ4n) is 4.91. The van der Waals surface area contributed by atoms with Crippen molar-refractivity contribution in [2.75, 3.05) is 30.9 Å². The maximum atomic E-state index is 13.2. The van der Waals surface area contributed by atoms with Crippen LogP contribution in [0.15, 0.2) is 73.0 Å². The molecular weight excluding hydrogens is 516 g/mol. The number of amides is 1. The third-order valence-electron chi connectivity index (χ3n) is 7.53. The van der Waals surface area contributed by atoms with Gasteiger partial charge in [-0.3, -0.25) is 9.69 Å². The van der Waals surface area contributed by atoms with Crippen molar-refractivity contribution in [3.63, 3.8) is 0 Å². The second-order valence-electron chi connectivity index (χ2n) is 10.6. The molecule has 3 aromatic heterocycles. The van der Waals surface area contributed by atoms with Crippen LogP contribution in [0.4, 0.5) is 17.3 Å². The summed E-state index contributed by atoms with van der Waals surface area (Å²) in [6.45, 7) is 4.67. The minimum Gasteiger partial charge on any atom is -0.457 e. The quantitative estimate of drug-likeness (QED) is 0.271. The molecule has 1 fully saturated rings. The third-order valence-corrected chi connectivity index (χ3v) is 7.53. The topological polar surface area (TPSA) is 101 Å². The SMILES string of the molecule is Cc1cc(Nc2ncnc3cnc(N4CC/C(=C\[C@H](C)N(C)C)C4=O)cc23)ccc1Oc1ccc2c(c1)ncn2C. The minimum absolute atomic E-state index is 0.00897. The molecule has 1 atom stereocenters. The molecule has 0 spiro atoms. The third kappa shape index (κ3) is 5.21. The molecule has 2 aromatic carbocycles. The Balaban J connectivity index is 1.23. The number of likely N-dealkylation sites (N-methyl/N-ethyl adjacent to an activating group) is 1. The molecule has 1 amide bonds. The summed E-state index contributed by atoms with van der Waals surface area (Å²) >= 11 is 0. The van der Waals surface area contributed by atoms with Gasteiger partial charge in [0.2, 0.25) is 0 Å². The predicted octanol–water partition coefficient (Wildman–Crippen LogP) is 5.37. The standard InChI is InChI=1S/C31H32N8O2/c1-19-12-22(6-9-28(19)41-23-7-8-27-25(14-23)35-18-38(27)5)36-30-24-15-29(32-16-26(24)33-17-34-30)39-11-10-21(31(39)40)13-20(2)37(3)4/h6-9,12-18,20H,10-11H2,1-5H3,(H,33,34,36)/b21-13+/t20-/m0/s1. The second-order valence-corrected chi connectivity index (χ2v) is 10.6. The molecule has 5 aromatic rings. The van der Waals surface area contributed by atoms with Crippen LogP contribution >= 0.6 is 0 Å². The summed E-state index contributed by atoms with van der Waals surface area (Å²) in [4.78, 5) is 34.8. The van der Waals surface area contributed by atoms with E-state index in [0.717, 1.165) is 44.7 Å². The van der Waals surface area contributed by atoms with Crippen molar-refractivity contribution >= 4 is 45.2 Å². The number of hydrogen-bond acceptors (Lipinski definition) is 8. The number of anilines is 3. The van der Waals surface area contributed by atoms with Crippen molar-refractivity contribution in [2.45, 2.75) is 26.3 Å². The van der Waals surface area contributed by atoms with Crippen LogP contribution in [0.3, 0.4) is 0 Å². The lowest BCUT2D eigenvalue weighted by Crippen LogP contribution is -2.27. The number of nitrogens with one attached hydrogen (secondary N) is 1. The summed E-state index contributed by atoms with van der Waals surface area (Å²) in [6, 6.07) is 13.8. The first-order valence-corrected chi connectivity index (χ1v) is 13.5. The average molecular weight is 549 g/mol. The second kappa shape index (κ2) is 10.6. The van der Waals surface area contributed by atoms with Crippen molar-refractivity contribution in [2.24, 2.45) is 7.05 Å². The van der Waals surface area contributed by atoms with E-state index in [0.29, 0.717) is 30.1 Å². The van der Waals surface area contributed by atoms with Gasteiger partial charge in [-0.2, -0.15) is 0 Å². The molecule has 10 heteroatoms. The molecule has 0 saturated carbocycles. The van der Waals surface area contributed by atoms with Gasteiger partial charge in [-0.25, -0.2) is 19.9 Å².